The van der Waals surface area contributed by atoms with Crippen molar-refractivity contribution < 1.29 is 9.90 Å². The van der Waals surface area contributed by atoms with Crippen molar-refractivity contribution in [3.05, 3.63) is 32.9 Å². The molecule has 4 heteroatoms. The van der Waals surface area contributed by atoms with E-state index in [0.717, 1.165) is 9.13 Å². The van der Waals surface area contributed by atoms with Crippen LogP contribution in [-0.4, -0.2) is 24.2 Å². The second-order valence-corrected chi connectivity index (χ2v) is 3.99. The van der Waals surface area contributed by atoms with Crippen LogP contribution in [0.25, 0.3) is 0 Å². The molecular formula is C10H12INO2. The standard InChI is InChI=1S/C10H12INO2/c1-7-3-2-4-8(9(7)11)10(14)12-5-6-13/h2-4,13H,5-6H2,1H3,(H,12,14). The van der Waals surface area contributed by atoms with Gasteiger partial charge in [0.05, 0.1) is 12.2 Å². The largest absolute Gasteiger partial charge is 0.395 e. The number of hydrogen-bond acceptors (Lipinski definition) is 2. The summed E-state index contributed by atoms with van der Waals surface area (Å²) in [5.74, 6) is -0.132. The highest BCUT2D eigenvalue weighted by molar-refractivity contribution is 14.1. The van der Waals surface area contributed by atoms with E-state index in [9.17, 15) is 4.79 Å². The number of aliphatic hydroxyl groups is 1. The van der Waals surface area contributed by atoms with E-state index in [2.05, 4.69) is 27.9 Å². The van der Waals surface area contributed by atoms with E-state index in [1.807, 2.05) is 19.1 Å². The third-order valence-electron chi connectivity index (χ3n) is 1.83. The van der Waals surface area contributed by atoms with Crippen molar-refractivity contribution in [1.82, 2.24) is 5.32 Å². The molecular weight excluding hydrogens is 293 g/mol. The molecule has 76 valence electrons. The van der Waals surface area contributed by atoms with E-state index in [0.29, 0.717) is 12.1 Å². The van der Waals surface area contributed by atoms with E-state index in [-0.39, 0.29) is 12.5 Å². The van der Waals surface area contributed by atoms with Gasteiger partial charge in [0.2, 0.25) is 0 Å². The van der Waals surface area contributed by atoms with Crippen LogP contribution in [0.4, 0.5) is 0 Å². The summed E-state index contributed by atoms with van der Waals surface area (Å²) in [4.78, 5) is 11.5. The van der Waals surface area contributed by atoms with E-state index in [1.54, 1.807) is 6.07 Å². The second-order valence-electron chi connectivity index (χ2n) is 2.92. The molecule has 1 aromatic carbocycles. The van der Waals surface area contributed by atoms with Crippen molar-refractivity contribution in [3.63, 3.8) is 0 Å². The number of benzene rings is 1. The average Bonchev–Trinajstić information content (AvgIpc) is 2.18. The predicted octanol–water partition coefficient (Wildman–Crippen LogP) is 1.32. The first-order valence-electron chi connectivity index (χ1n) is 4.31. The summed E-state index contributed by atoms with van der Waals surface area (Å²) in [5.41, 5.74) is 1.75. The number of halogens is 1. The van der Waals surface area contributed by atoms with Crippen LogP contribution in [0.2, 0.25) is 0 Å². The van der Waals surface area contributed by atoms with Crippen molar-refractivity contribution in [2.45, 2.75) is 6.92 Å². The van der Waals surface area contributed by atoms with Crippen LogP contribution in [0.15, 0.2) is 18.2 Å². The molecule has 0 spiro atoms. The summed E-state index contributed by atoms with van der Waals surface area (Å²) >= 11 is 2.15. The highest BCUT2D eigenvalue weighted by Gasteiger charge is 2.09. The number of hydrogen-bond donors (Lipinski definition) is 2. The first-order chi connectivity index (χ1) is 6.66. The number of aliphatic hydroxyl groups excluding tert-OH is 1. The molecule has 0 bridgehead atoms. The van der Waals surface area contributed by atoms with Crippen LogP contribution in [0.3, 0.4) is 0 Å². The van der Waals surface area contributed by atoms with E-state index in [1.165, 1.54) is 0 Å². The molecule has 2 N–H and O–H groups in total. The van der Waals surface area contributed by atoms with Gasteiger partial charge in [-0.3, -0.25) is 4.79 Å². The number of aryl methyl sites for hydroxylation is 1. The number of carbonyl (C=O) groups is 1. The summed E-state index contributed by atoms with van der Waals surface area (Å²) < 4.78 is 0.959. The molecule has 1 rings (SSSR count). The molecule has 1 amide bonds. The lowest BCUT2D eigenvalue weighted by atomic mass is 10.1. The van der Waals surface area contributed by atoms with Crippen molar-refractivity contribution in [2.75, 3.05) is 13.2 Å². The van der Waals surface area contributed by atoms with Crippen LogP contribution in [0.1, 0.15) is 15.9 Å². The highest BCUT2D eigenvalue weighted by atomic mass is 127. The fourth-order valence-electron chi connectivity index (χ4n) is 1.09. The SMILES string of the molecule is Cc1cccc(C(=O)NCCO)c1I. The third kappa shape index (κ3) is 2.68. The monoisotopic (exact) mass is 305 g/mol. The molecule has 1 aromatic rings. The maximum atomic E-state index is 11.5. The Morgan fingerprint density at radius 2 is 2.29 bits per heavy atom. The van der Waals surface area contributed by atoms with Crippen LogP contribution in [-0.2, 0) is 0 Å². The minimum absolute atomic E-state index is 0.0336. The van der Waals surface area contributed by atoms with Gasteiger partial charge >= 0.3 is 0 Å². The maximum absolute atomic E-state index is 11.5. The van der Waals surface area contributed by atoms with E-state index < -0.39 is 0 Å². The van der Waals surface area contributed by atoms with E-state index in [4.69, 9.17) is 5.11 Å². The van der Waals surface area contributed by atoms with Gasteiger partial charge in [0, 0.05) is 10.1 Å². The van der Waals surface area contributed by atoms with Crippen molar-refractivity contribution in [1.29, 1.82) is 0 Å². The first kappa shape index (κ1) is 11.5. The Balaban J connectivity index is 2.84. The zero-order valence-corrected chi connectivity index (χ0v) is 10.0. The van der Waals surface area contributed by atoms with Crippen LogP contribution >= 0.6 is 22.6 Å². The molecule has 0 saturated carbocycles. The molecule has 0 fully saturated rings. The quantitative estimate of drug-likeness (QED) is 0.828. The minimum atomic E-state index is -0.132. The number of amides is 1. The second kappa shape index (κ2) is 5.31. The van der Waals surface area contributed by atoms with Gasteiger partial charge in [-0.15, -0.1) is 0 Å². The molecule has 14 heavy (non-hydrogen) atoms. The third-order valence-corrected chi connectivity index (χ3v) is 3.27. The molecule has 0 atom stereocenters. The minimum Gasteiger partial charge on any atom is -0.395 e. The molecule has 0 saturated heterocycles. The van der Waals surface area contributed by atoms with Gasteiger partial charge in [-0.25, -0.2) is 0 Å². The summed E-state index contributed by atoms with van der Waals surface area (Å²) in [6, 6.07) is 5.59. The predicted molar refractivity (Wildman–Crippen MR) is 63.3 cm³/mol. The van der Waals surface area contributed by atoms with Gasteiger partial charge in [-0.2, -0.15) is 0 Å². The lowest BCUT2D eigenvalue weighted by Crippen LogP contribution is -2.27. The van der Waals surface area contributed by atoms with Crippen molar-refractivity contribution >= 4 is 28.5 Å². The molecule has 0 heterocycles. The van der Waals surface area contributed by atoms with E-state index >= 15 is 0 Å². The fraction of sp³-hybridized carbons (Fsp3) is 0.300. The normalized spacial score (nSPS) is 9.93. The summed E-state index contributed by atoms with van der Waals surface area (Å²) in [6.45, 7) is 2.22. The molecule has 0 aromatic heterocycles. The fourth-order valence-corrected chi connectivity index (χ4v) is 1.69. The van der Waals surface area contributed by atoms with Crippen LogP contribution in [0.5, 0.6) is 0 Å². The lowest BCUT2D eigenvalue weighted by molar-refractivity contribution is 0.0944. The average molecular weight is 305 g/mol. The van der Waals surface area contributed by atoms with Crippen LogP contribution < -0.4 is 5.32 Å². The maximum Gasteiger partial charge on any atom is 0.252 e. The summed E-state index contributed by atoms with van der Waals surface area (Å²) in [6.07, 6.45) is 0. The Morgan fingerprint density at radius 3 is 2.93 bits per heavy atom. The van der Waals surface area contributed by atoms with Gasteiger partial charge in [0.1, 0.15) is 0 Å². The van der Waals surface area contributed by atoms with Crippen molar-refractivity contribution in [3.8, 4) is 0 Å². The van der Waals surface area contributed by atoms with Gasteiger partial charge in [0.15, 0.2) is 0 Å². The lowest BCUT2D eigenvalue weighted by Gasteiger charge is -2.06. The first-order valence-corrected chi connectivity index (χ1v) is 5.39. The molecule has 0 radical (unpaired) electrons. The van der Waals surface area contributed by atoms with Gasteiger partial charge in [-0.05, 0) is 41.1 Å². The van der Waals surface area contributed by atoms with Crippen LogP contribution in [0, 0.1) is 10.5 Å². The number of rotatable bonds is 3. The van der Waals surface area contributed by atoms with Gasteiger partial charge < -0.3 is 10.4 Å². The topological polar surface area (TPSA) is 49.3 Å². The number of nitrogens with one attached hydrogen (secondary N) is 1. The highest BCUT2D eigenvalue weighted by Crippen LogP contribution is 2.16. The van der Waals surface area contributed by atoms with Gasteiger partial charge in [-0.1, -0.05) is 12.1 Å². The summed E-state index contributed by atoms with van der Waals surface area (Å²) in [5, 5.41) is 11.2. The molecule has 0 aliphatic carbocycles. The molecule has 0 aliphatic heterocycles. The Labute approximate surface area is 96.7 Å². The number of carbonyl (C=O) groups excluding carboxylic acids is 1. The molecule has 3 nitrogen and oxygen atoms in total. The van der Waals surface area contributed by atoms with Crippen molar-refractivity contribution in [2.24, 2.45) is 0 Å². The Kier molecular flexibility index (Phi) is 4.34. The molecule has 0 unspecified atom stereocenters. The zero-order valence-electron chi connectivity index (χ0n) is 7.88. The Hall–Kier alpha value is -0.620. The smallest absolute Gasteiger partial charge is 0.252 e. The zero-order chi connectivity index (χ0) is 10.6. The molecule has 0 aliphatic rings. The van der Waals surface area contributed by atoms with Gasteiger partial charge in [0.25, 0.3) is 5.91 Å². The Bertz CT molecular complexity index is 339. The summed E-state index contributed by atoms with van der Waals surface area (Å²) in [7, 11) is 0. The Morgan fingerprint density at radius 1 is 1.57 bits per heavy atom.